The smallest absolute Gasteiger partial charge is 0.131 e. The molecule has 20 heavy (non-hydrogen) atoms. The van der Waals surface area contributed by atoms with Crippen LogP contribution in [0.2, 0.25) is 5.02 Å². The summed E-state index contributed by atoms with van der Waals surface area (Å²) in [5, 5.41) is 1.76. The number of methoxy groups -OCH3 is 1. The van der Waals surface area contributed by atoms with Gasteiger partial charge in [0, 0.05) is 28.4 Å². The fraction of sp³-hybridized carbons (Fsp3) is 0.125. The van der Waals surface area contributed by atoms with Gasteiger partial charge in [-0.15, -0.1) is 0 Å². The third kappa shape index (κ3) is 2.37. The van der Waals surface area contributed by atoms with Gasteiger partial charge in [0.2, 0.25) is 0 Å². The normalized spacial score (nSPS) is 10.9. The summed E-state index contributed by atoms with van der Waals surface area (Å²) in [6, 6.07) is 12.6. The van der Waals surface area contributed by atoms with E-state index in [1.54, 1.807) is 12.1 Å². The second kappa shape index (κ2) is 5.17. The maximum Gasteiger partial charge on any atom is 0.131 e. The second-order valence-electron chi connectivity index (χ2n) is 4.60. The summed E-state index contributed by atoms with van der Waals surface area (Å²) >= 11 is 6.02. The molecule has 4 heteroatoms. The number of hydrogen-bond acceptors (Lipinski definition) is 1. The topological polar surface area (TPSA) is 14.2 Å². The zero-order valence-corrected chi connectivity index (χ0v) is 11.7. The molecule has 0 N–H and O–H groups in total. The van der Waals surface area contributed by atoms with Crippen molar-refractivity contribution >= 4 is 22.5 Å². The van der Waals surface area contributed by atoms with Crippen molar-refractivity contribution in [1.29, 1.82) is 0 Å². The average molecular weight is 290 g/mol. The molecule has 0 aliphatic rings. The molecule has 0 fully saturated rings. The highest BCUT2D eigenvalue weighted by molar-refractivity contribution is 6.31. The summed E-state index contributed by atoms with van der Waals surface area (Å²) in [4.78, 5) is 0. The van der Waals surface area contributed by atoms with E-state index in [1.165, 1.54) is 13.2 Å². The van der Waals surface area contributed by atoms with Gasteiger partial charge in [-0.25, -0.2) is 4.39 Å². The van der Waals surface area contributed by atoms with Crippen LogP contribution in [0.25, 0.3) is 10.9 Å². The minimum absolute atomic E-state index is 0.270. The molecule has 2 aromatic carbocycles. The molecule has 0 amide bonds. The molecule has 0 spiro atoms. The van der Waals surface area contributed by atoms with E-state index in [0.29, 0.717) is 22.9 Å². The van der Waals surface area contributed by atoms with Gasteiger partial charge in [-0.1, -0.05) is 23.7 Å². The molecule has 1 heterocycles. The van der Waals surface area contributed by atoms with Crippen molar-refractivity contribution in [2.24, 2.45) is 0 Å². The van der Waals surface area contributed by atoms with Crippen molar-refractivity contribution in [3.8, 4) is 5.75 Å². The third-order valence-electron chi connectivity index (χ3n) is 3.34. The predicted octanol–water partition coefficient (Wildman–Crippen LogP) is 4.49. The van der Waals surface area contributed by atoms with Gasteiger partial charge in [-0.3, -0.25) is 0 Å². The molecule has 0 atom stereocenters. The lowest BCUT2D eigenvalue weighted by molar-refractivity contribution is 0.410. The number of fused-ring (bicyclic) bond motifs is 1. The van der Waals surface area contributed by atoms with Crippen LogP contribution in [0.5, 0.6) is 5.75 Å². The van der Waals surface area contributed by atoms with Gasteiger partial charge in [0.1, 0.15) is 11.6 Å². The summed E-state index contributed by atoms with van der Waals surface area (Å²) in [6.45, 7) is 0.458. The molecular weight excluding hydrogens is 277 g/mol. The van der Waals surface area contributed by atoms with Gasteiger partial charge < -0.3 is 9.30 Å². The van der Waals surface area contributed by atoms with Crippen molar-refractivity contribution in [2.45, 2.75) is 6.54 Å². The molecule has 0 saturated carbocycles. The summed E-state index contributed by atoms with van der Waals surface area (Å²) in [6.07, 6.45) is 1.94. The highest BCUT2D eigenvalue weighted by Crippen LogP contribution is 2.23. The lowest BCUT2D eigenvalue weighted by atomic mass is 10.2. The van der Waals surface area contributed by atoms with Crippen molar-refractivity contribution < 1.29 is 9.13 Å². The van der Waals surface area contributed by atoms with Crippen LogP contribution in [0.15, 0.2) is 48.7 Å². The first-order valence-electron chi connectivity index (χ1n) is 6.24. The lowest BCUT2D eigenvalue weighted by Gasteiger charge is -2.08. The Hall–Kier alpha value is -2.00. The predicted molar refractivity (Wildman–Crippen MR) is 79.0 cm³/mol. The van der Waals surface area contributed by atoms with Crippen LogP contribution in [0.1, 0.15) is 5.56 Å². The maximum atomic E-state index is 14.0. The maximum absolute atomic E-state index is 14.0. The molecule has 1 aromatic heterocycles. The standard InChI is InChI=1S/C16H13ClFNO/c1-20-14-5-3-12(15(18)9-14)10-19-7-6-11-2-4-13(17)8-16(11)19/h2-9H,10H2,1H3. The molecule has 2 nitrogen and oxygen atoms in total. The van der Waals surface area contributed by atoms with E-state index in [0.717, 1.165) is 10.9 Å². The first-order chi connectivity index (χ1) is 9.67. The summed E-state index contributed by atoms with van der Waals surface area (Å²) in [5.41, 5.74) is 1.61. The average Bonchev–Trinajstić information content (AvgIpc) is 2.83. The number of halogens is 2. The summed E-state index contributed by atoms with van der Waals surface area (Å²) < 4.78 is 21.0. The molecule has 3 rings (SSSR count). The Balaban J connectivity index is 1.99. The van der Waals surface area contributed by atoms with Gasteiger partial charge >= 0.3 is 0 Å². The molecule has 0 saturated heterocycles. The molecule has 0 aliphatic heterocycles. The van der Waals surface area contributed by atoms with E-state index < -0.39 is 0 Å². The number of aromatic nitrogens is 1. The Morgan fingerprint density at radius 3 is 2.75 bits per heavy atom. The van der Waals surface area contributed by atoms with E-state index in [-0.39, 0.29) is 5.82 Å². The Morgan fingerprint density at radius 2 is 2.00 bits per heavy atom. The SMILES string of the molecule is COc1ccc(Cn2ccc3ccc(Cl)cc32)c(F)c1. The van der Waals surface area contributed by atoms with Crippen LogP contribution in [0.4, 0.5) is 4.39 Å². The Kier molecular flexibility index (Phi) is 3.36. The van der Waals surface area contributed by atoms with E-state index in [1.807, 2.05) is 35.0 Å². The van der Waals surface area contributed by atoms with Crippen LogP contribution in [0.3, 0.4) is 0 Å². The van der Waals surface area contributed by atoms with E-state index in [4.69, 9.17) is 16.3 Å². The van der Waals surface area contributed by atoms with Crippen LogP contribution in [-0.2, 0) is 6.54 Å². The molecule has 0 radical (unpaired) electrons. The van der Waals surface area contributed by atoms with E-state index in [2.05, 4.69) is 0 Å². The number of hydrogen-bond donors (Lipinski definition) is 0. The molecule has 0 unspecified atom stereocenters. The van der Waals surface area contributed by atoms with Crippen LogP contribution < -0.4 is 4.74 Å². The largest absolute Gasteiger partial charge is 0.497 e. The Bertz CT molecular complexity index is 766. The number of benzene rings is 2. The lowest BCUT2D eigenvalue weighted by Crippen LogP contribution is -2.01. The quantitative estimate of drug-likeness (QED) is 0.693. The highest BCUT2D eigenvalue weighted by atomic mass is 35.5. The Labute approximate surface area is 121 Å². The Morgan fingerprint density at radius 1 is 1.15 bits per heavy atom. The van der Waals surface area contributed by atoms with Gasteiger partial charge in [0.15, 0.2) is 0 Å². The molecule has 0 bridgehead atoms. The number of ether oxygens (including phenoxy) is 1. The van der Waals surface area contributed by atoms with Crippen LogP contribution in [0, 0.1) is 5.82 Å². The highest BCUT2D eigenvalue weighted by Gasteiger charge is 2.07. The van der Waals surface area contributed by atoms with Crippen LogP contribution >= 0.6 is 11.6 Å². The zero-order valence-electron chi connectivity index (χ0n) is 10.9. The fourth-order valence-electron chi connectivity index (χ4n) is 2.26. The van der Waals surface area contributed by atoms with Gasteiger partial charge in [-0.05, 0) is 29.7 Å². The number of rotatable bonds is 3. The molecule has 0 aliphatic carbocycles. The second-order valence-corrected chi connectivity index (χ2v) is 5.04. The minimum Gasteiger partial charge on any atom is -0.497 e. The first kappa shape index (κ1) is 13.0. The van der Waals surface area contributed by atoms with Crippen molar-refractivity contribution in [2.75, 3.05) is 7.11 Å². The van der Waals surface area contributed by atoms with Gasteiger partial charge in [0.25, 0.3) is 0 Å². The minimum atomic E-state index is -0.270. The first-order valence-corrected chi connectivity index (χ1v) is 6.62. The van der Waals surface area contributed by atoms with Gasteiger partial charge in [0.05, 0.1) is 13.7 Å². The van der Waals surface area contributed by atoms with E-state index in [9.17, 15) is 4.39 Å². The van der Waals surface area contributed by atoms with E-state index >= 15 is 0 Å². The molecular formula is C16H13ClFNO. The number of nitrogens with zero attached hydrogens (tertiary/aromatic N) is 1. The fourth-order valence-corrected chi connectivity index (χ4v) is 2.43. The van der Waals surface area contributed by atoms with Crippen molar-refractivity contribution in [1.82, 2.24) is 4.57 Å². The third-order valence-corrected chi connectivity index (χ3v) is 3.57. The summed E-state index contributed by atoms with van der Waals surface area (Å²) in [5.74, 6) is 0.250. The molecule has 102 valence electrons. The molecule has 3 aromatic rings. The van der Waals surface area contributed by atoms with Gasteiger partial charge in [-0.2, -0.15) is 0 Å². The monoisotopic (exact) mass is 289 g/mol. The van der Waals surface area contributed by atoms with Crippen molar-refractivity contribution in [3.05, 3.63) is 65.1 Å². The van der Waals surface area contributed by atoms with Crippen molar-refractivity contribution in [3.63, 3.8) is 0 Å². The zero-order chi connectivity index (χ0) is 14.1. The van der Waals surface area contributed by atoms with Crippen LogP contribution in [-0.4, -0.2) is 11.7 Å². The summed E-state index contributed by atoms with van der Waals surface area (Å²) in [7, 11) is 1.52.